The molecule has 6 heteroatoms. The molecule has 2 rings (SSSR count). The van der Waals surface area contributed by atoms with E-state index in [4.69, 9.17) is 11.6 Å². The van der Waals surface area contributed by atoms with E-state index in [0.717, 1.165) is 0 Å². The standard InChI is InChI=1S/C9H5BrClFN2S/c10-9-13-8(14-15-9)4-5-6(11)2-1-3-7(5)12/h1-3H,4H2. The zero-order valence-electron chi connectivity index (χ0n) is 7.38. The second kappa shape index (κ2) is 4.55. The van der Waals surface area contributed by atoms with Gasteiger partial charge in [-0.05, 0) is 39.6 Å². The summed E-state index contributed by atoms with van der Waals surface area (Å²) in [6.07, 6.45) is 0.313. The Morgan fingerprint density at radius 2 is 2.27 bits per heavy atom. The molecule has 1 heterocycles. The van der Waals surface area contributed by atoms with Crippen molar-refractivity contribution in [3.05, 3.63) is 44.3 Å². The van der Waals surface area contributed by atoms with Crippen LogP contribution in [-0.2, 0) is 6.42 Å². The fraction of sp³-hybridized carbons (Fsp3) is 0.111. The van der Waals surface area contributed by atoms with Crippen molar-refractivity contribution in [2.75, 3.05) is 0 Å². The number of rotatable bonds is 2. The highest BCUT2D eigenvalue weighted by molar-refractivity contribution is 9.11. The maximum absolute atomic E-state index is 13.4. The van der Waals surface area contributed by atoms with E-state index in [1.165, 1.54) is 17.6 Å². The molecule has 0 saturated heterocycles. The normalized spacial score (nSPS) is 10.6. The molecule has 0 aliphatic heterocycles. The van der Waals surface area contributed by atoms with Crippen LogP contribution in [0.4, 0.5) is 4.39 Å². The van der Waals surface area contributed by atoms with Crippen LogP contribution in [0.5, 0.6) is 0 Å². The molecular weight excluding hydrogens is 303 g/mol. The first-order chi connectivity index (χ1) is 7.16. The van der Waals surface area contributed by atoms with E-state index < -0.39 is 0 Å². The van der Waals surface area contributed by atoms with Crippen LogP contribution in [0.3, 0.4) is 0 Å². The first-order valence-corrected chi connectivity index (χ1v) is 6.02. The Labute approximate surface area is 103 Å². The molecule has 2 nitrogen and oxygen atoms in total. The van der Waals surface area contributed by atoms with Gasteiger partial charge in [-0.2, -0.15) is 4.37 Å². The summed E-state index contributed by atoms with van der Waals surface area (Å²) in [6, 6.07) is 4.61. The van der Waals surface area contributed by atoms with E-state index in [-0.39, 0.29) is 5.82 Å². The Morgan fingerprint density at radius 1 is 1.47 bits per heavy atom. The van der Waals surface area contributed by atoms with Gasteiger partial charge < -0.3 is 0 Å². The third-order valence-electron chi connectivity index (χ3n) is 1.84. The number of hydrogen-bond donors (Lipinski definition) is 0. The predicted octanol–water partition coefficient (Wildman–Crippen LogP) is 3.68. The van der Waals surface area contributed by atoms with Crippen LogP contribution < -0.4 is 0 Å². The predicted molar refractivity (Wildman–Crippen MR) is 61.8 cm³/mol. The smallest absolute Gasteiger partial charge is 0.179 e. The second-order valence-electron chi connectivity index (χ2n) is 2.84. The quantitative estimate of drug-likeness (QED) is 0.846. The van der Waals surface area contributed by atoms with E-state index in [0.29, 0.717) is 26.7 Å². The molecule has 78 valence electrons. The summed E-state index contributed by atoms with van der Waals surface area (Å²) in [5.41, 5.74) is 0.435. The van der Waals surface area contributed by atoms with Crippen molar-refractivity contribution in [3.63, 3.8) is 0 Å². The Kier molecular flexibility index (Phi) is 3.33. The van der Waals surface area contributed by atoms with Crippen molar-refractivity contribution in [2.45, 2.75) is 6.42 Å². The fourth-order valence-electron chi connectivity index (χ4n) is 1.16. The maximum Gasteiger partial charge on any atom is 0.179 e. The van der Waals surface area contributed by atoms with Crippen LogP contribution in [0.15, 0.2) is 22.1 Å². The Morgan fingerprint density at radius 3 is 2.87 bits per heavy atom. The summed E-state index contributed by atoms with van der Waals surface area (Å²) >= 11 is 10.3. The van der Waals surface area contributed by atoms with E-state index >= 15 is 0 Å². The van der Waals surface area contributed by atoms with Crippen molar-refractivity contribution in [2.24, 2.45) is 0 Å². The minimum atomic E-state index is -0.326. The highest BCUT2D eigenvalue weighted by atomic mass is 79.9. The Hall–Kier alpha value is -0.520. The maximum atomic E-state index is 13.4. The summed E-state index contributed by atoms with van der Waals surface area (Å²) in [5, 5.41) is 0.404. The first-order valence-electron chi connectivity index (χ1n) is 4.08. The summed E-state index contributed by atoms with van der Waals surface area (Å²) < 4.78 is 18.1. The lowest BCUT2D eigenvalue weighted by Gasteiger charge is -2.02. The molecule has 15 heavy (non-hydrogen) atoms. The molecule has 0 bridgehead atoms. The lowest BCUT2D eigenvalue weighted by atomic mass is 10.1. The number of nitrogens with zero attached hydrogens (tertiary/aromatic N) is 2. The van der Waals surface area contributed by atoms with Gasteiger partial charge in [0.25, 0.3) is 0 Å². The molecule has 0 atom stereocenters. The van der Waals surface area contributed by atoms with Gasteiger partial charge in [-0.15, -0.1) is 0 Å². The molecule has 0 saturated carbocycles. The molecule has 2 aromatic rings. The molecule has 0 unspecified atom stereocenters. The molecule has 0 amide bonds. The third kappa shape index (κ3) is 2.53. The van der Waals surface area contributed by atoms with Crippen LogP contribution >= 0.6 is 39.1 Å². The highest BCUT2D eigenvalue weighted by Crippen LogP contribution is 2.22. The monoisotopic (exact) mass is 306 g/mol. The van der Waals surface area contributed by atoms with Gasteiger partial charge in [-0.1, -0.05) is 17.7 Å². The van der Waals surface area contributed by atoms with Gasteiger partial charge >= 0.3 is 0 Å². The zero-order chi connectivity index (χ0) is 10.8. The minimum Gasteiger partial charge on any atom is -0.212 e. The van der Waals surface area contributed by atoms with Crippen LogP contribution in [0, 0.1) is 5.82 Å². The van der Waals surface area contributed by atoms with Crippen molar-refractivity contribution in [1.82, 2.24) is 9.36 Å². The average molecular weight is 308 g/mol. The van der Waals surface area contributed by atoms with Gasteiger partial charge in [-0.3, -0.25) is 0 Å². The van der Waals surface area contributed by atoms with Crippen LogP contribution in [0.1, 0.15) is 11.4 Å². The molecule has 0 aliphatic carbocycles. The van der Waals surface area contributed by atoms with Crippen molar-refractivity contribution < 1.29 is 4.39 Å². The van der Waals surface area contributed by atoms with Gasteiger partial charge in [0, 0.05) is 17.0 Å². The number of benzene rings is 1. The van der Waals surface area contributed by atoms with E-state index in [2.05, 4.69) is 25.3 Å². The molecule has 1 aromatic heterocycles. The Balaban J connectivity index is 2.31. The van der Waals surface area contributed by atoms with Gasteiger partial charge in [0.15, 0.2) is 3.92 Å². The second-order valence-corrected chi connectivity index (χ2v) is 5.28. The van der Waals surface area contributed by atoms with Crippen LogP contribution in [0.2, 0.25) is 5.02 Å². The third-order valence-corrected chi connectivity index (χ3v) is 3.35. The van der Waals surface area contributed by atoms with Crippen LogP contribution in [-0.4, -0.2) is 9.36 Å². The Bertz CT molecular complexity index is 468. The van der Waals surface area contributed by atoms with E-state index in [1.807, 2.05) is 0 Å². The molecule has 0 radical (unpaired) electrons. The van der Waals surface area contributed by atoms with Crippen LogP contribution in [0.25, 0.3) is 0 Å². The topological polar surface area (TPSA) is 25.8 Å². The molecule has 0 fully saturated rings. The average Bonchev–Trinajstić information content (AvgIpc) is 2.58. The van der Waals surface area contributed by atoms with E-state index in [9.17, 15) is 4.39 Å². The zero-order valence-corrected chi connectivity index (χ0v) is 10.5. The van der Waals surface area contributed by atoms with Gasteiger partial charge in [-0.25, -0.2) is 9.37 Å². The minimum absolute atomic E-state index is 0.313. The van der Waals surface area contributed by atoms with Gasteiger partial charge in [0.05, 0.1) is 0 Å². The molecule has 0 aliphatic rings. The molecule has 1 aromatic carbocycles. The number of aromatic nitrogens is 2. The van der Waals surface area contributed by atoms with Crippen molar-refractivity contribution >= 4 is 39.1 Å². The molecular formula is C9H5BrClFN2S. The molecule has 0 N–H and O–H groups in total. The first kappa shape index (κ1) is 11.0. The largest absolute Gasteiger partial charge is 0.212 e. The molecule has 0 spiro atoms. The highest BCUT2D eigenvalue weighted by Gasteiger charge is 2.10. The summed E-state index contributed by atoms with van der Waals surface area (Å²) in [6.45, 7) is 0. The van der Waals surface area contributed by atoms with E-state index in [1.54, 1.807) is 12.1 Å². The van der Waals surface area contributed by atoms with Crippen molar-refractivity contribution in [3.8, 4) is 0 Å². The van der Waals surface area contributed by atoms with Gasteiger partial charge in [0.2, 0.25) is 0 Å². The number of halogens is 3. The number of hydrogen-bond acceptors (Lipinski definition) is 3. The van der Waals surface area contributed by atoms with Gasteiger partial charge in [0.1, 0.15) is 11.6 Å². The summed E-state index contributed by atoms with van der Waals surface area (Å²) in [7, 11) is 0. The lowest BCUT2D eigenvalue weighted by Crippen LogP contribution is -1.95. The fourth-order valence-corrected chi connectivity index (χ4v) is 2.25. The summed E-state index contributed by atoms with van der Waals surface area (Å²) in [5.74, 6) is 0.243. The summed E-state index contributed by atoms with van der Waals surface area (Å²) in [4.78, 5) is 4.09. The SMILES string of the molecule is Fc1cccc(Cl)c1Cc1nsc(Br)n1. The lowest BCUT2D eigenvalue weighted by molar-refractivity contribution is 0.612. The van der Waals surface area contributed by atoms with Crippen molar-refractivity contribution in [1.29, 1.82) is 0 Å².